The summed E-state index contributed by atoms with van der Waals surface area (Å²) < 4.78 is 23.6. The molecule has 2 fully saturated rings. The molecule has 0 radical (unpaired) electrons. The normalized spacial score (nSPS) is 22.4. The van der Waals surface area contributed by atoms with Crippen LogP contribution in [-0.4, -0.2) is 60.5 Å². The standard InChI is InChI=1S/C25H25N5O5/c1-15(31)29-22-6-17-18(8-27-20(17)9-28-22)19-7-21(34-13-24(10-26)11-33-12-24)16-2-4-35-25(23(16)30-19)3-5-32-14-25/h6-9,27H,2-5,11-14H2,1H3,(H,28,29,31). The van der Waals surface area contributed by atoms with Crippen molar-refractivity contribution in [1.29, 1.82) is 5.26 Å². The highest BCUT2D eigenvalue weighted by Crippen LogP contribution is 2.44. The van der Waals surface area contributed by atoms with Gasteiger partial charge in [-0.15, -0.1) is 0 Å². The maximum Gasteiger partial charge on any atom is 0.222 e. The fraction of sp³-hybridized carbons (Fsp3) is 0.440. The number of aromatic amines is 1. The van der Waals surface area contributed by atoms with Crippen LogP contribution in [0.4, 0.5) is 5.82 Å². The molecule has 6 rings (SSSR count). The lowest BCUT2D eigenvalue weighted by Gasteiger charge is -2.37. The van der Waals surface area contributed by atoms with Crippen LogP contribution < -0.4 is 10.1 Å². The Morgan fingerprint density at radius 2 is 2.17 bits per heavy atom. The summed E-state index contributed by atoms with van der Waals surface area (Å²) in [7, 11) is 0. The molecule has 1 amide bonds. The van der Waals surface area contributed by atoms with Gasteiger partial charge in [0.15, 0.2) is 0 Å². The fourth-order valence-corrected chi connectivity index (χ4v) is 4.92. The topological polar surface area (TPSA) is 131 Å². The van der Waals surface area contributed by atoms with Gasteiger partial charge in [0.1, 0.15) is 29.2 Å². The molecule has 6 heterocycles. The fourth-order valence-electron chi connectivity index (χ4n) is 4.92. The third-order valence-corrected chi connectivity index (χ3v) is 6.87. The molecule has 2 N–H and O–H groups in total. The monoisotopic (exact) mass is 475 g/mol. The minimum absolute atomic E-state index is 0.191. The molecule has 0 saturated carbocycles. The van der Waals surface area contributed by atoms with Crippen molar-refractivity contribution in [2.45, 2.75) is 25.4 Å². The lowest BCUT2D eigenvalue weighted by Crippen LogP contribution is -2.46. The molecule has 0 aliphatic carbocycles. The van der Waals surface area contributed by atoms with Crippen molar-refractivity contribution in [3.63, 3.8) is 0 Å². The Morgan fingerprint density at radius 3 is 2.89 bits per heavy atom. The number of anilines is 1. The number of nitrogens with one attached hydrogen (secondary N) is 2. The van der Waals surface area contributed by atoms with Gasteiger partial charge in [-0.3, -0.25) is 4.79 Å². The van der Waals surface area contributed by atoms with Crippen LogP contribution in [-0.2, 0) is 31.0 Å². The van der Waals surface area contributed by atoms with Gasteiger partial charge in [-0.05, 0) is 6.07 Å². The van der Waals surface area contributed by atoms with Gasteiger partial charge in [-0.2, -0.15) is 5.26 Å². The molecule has 0 aromatic carbocycles. The second-order valence-electron chi connectivity index (χ2n) is 9.40. The number of H-pyrrole nitrogens is 1. The number of carbonyl (C=O) groups excluding carboxylic acids is 1. The molecular formula is C25H25N5O5. The highest BCUT2D eigenvalue weighted by atomic mass is 16.6. The Balaban J connectivity index is 1.47. The highest BCUT2D eigenvalue weighted by molar-refractivity contribution is 5.97. The van der Waals surface area contributed by atoms with Gasteiger partial charge in [-0.25, -0.2) is 9.97 Å². The lowest BCUT2D eigenvalue weighted by atomic mass is 9.88. The van der Waals surface area contributed by atoms with Crippen LogP contribution in [0.3, 0.4) is 0 Å². The molecule has 10 nitrogen and oxygen atoms in total. The SMILES string of the molecule is CC(=O)Nc1cc2c(-c3cc(OCC4(C#N)COC4)c4c(n3)C3(CCOC3)OCC4)c[nH]c2cn1. The minimum Gasteiger partial charge on any atom is -0.491 e. The van der Waals surface area contributed by atoms with Crippen molar-refractivity contribution in [2.75, 3.05) is 45.0 Å². The summed E-state index contributed by atoms with van der Waals surface area (Å²) in [6.07, 6.45) is 4.94. The van der Waals surface area contributed by atoms with Crippen LogP contribution in [0.25, 0.3) is 22.2 Å². The number of ether oxygens (including phenoxy) is 4. The van der Waals surface area contributed by atoms with Crippen LogP contribution in [0.15, 0.2) is 24.5 Å². The first-order valence-corrected chi connectivity index (χ1v) is 11.6. The Kier molecular flexibility index (Phi) is 5.21. The molecule has 3 aliphatic rings. The molecular weight excluding hydrogens is 450 g/mol. The smallest absolute Gasteiger partial charge is 0.222 e. The zero-order valence-electron chi connectivity index (χ0n) is 19.3. The second kappa shape index (κ2) is 8.30. The molecule has 3 aromatic heterocycles. The quantitative estimate of drug-likeness (QED) is 0.576. The van der Waals surface area contributed by atoms with Gasteiger partial charge in [0.05, 0.1) is 55.6 Å². The average Bonchev–Trinajstić information content (AvgIpc) is 3.46. The predicted molar refractivity (Wildman–Crippen MR) is 125 cm³/mol. The van der Waals surface area contributed by atoms with E-state index in [0.29, 0.717) is 56.7 Å². The summed E-state index contributed by atoms with van der Waals surface area (Å²) in [6.45, 7) is 4.03. The molecule has 1 atom stereocenters. The van der Waals surface area contributed by atoms with E-state index in [1.54, 1.807) is 6.20 Å². The molecule has 180 valence electrons. The number of hydrogen-bond donors (Lipinski definition) is 2. The Bertz CT molecular complexity index is 1350. The van der Waals surface area contributed by atoms with E-state index in [2.05, 4.69) is 21.4 Å². The molecule has 1 spiro atoms. The van der Waals surface area contributed by atoms with Gasteiger partial charge in [0.25, 0.3) is 0 Å². The molecule has 35 heavy (non-hydrogen) atoms. The Hall–Kier alpha value is -3.52. The van der Waals surface area contributed by atoms with Crippen molar-refractivity contribution >= 4 is 22.6 Å². The van der Waals surface area contributed by atoms with Gasteiger partial charge in [0, 0.05) is 55.1 Å². The maximum atomic E-state index is 11.6. The van der Waals surface area contributed by atoms with Crippen molar-refractivity contribution < 1.29 is 23.7 Å². The summed E-state index contributed by atoms with van der Waals surface area (Å²) in [5.74, 6) is 0.972. The number of aromatic nitrogens is 3. The number of pyridine rings is 2. The van der Waals surface area contributed by atoms with Crippen LogP contribution in [0, 0.1) is 16.7 Å². The largest absolute Gasteiger partial charge is 0.491 e. The molecule has 2 saturated heterocycles. The van der Waals surface area contributed by atoms with Crippen molar-refractivity contribution in [1.82, 2.24) is 15.0 Å². The average molecular weight is 476 g/mol. The summed E-state index contributed by atoms with van der Waals surface area (Å²) in [5, 5.41) is 13.2. The van der Waals surface area contributed by atoms with Gasteiger partial charge >= 0.3 is 0 Å². The third-order valence-electron chi connectivity index (χ3n) is 6.87. The first kappa shape index (κ1) is 22.0. The van der Waals surface area contributed by atoms with Crippen molar-refractivity contribution in [3.05, 3.63) is 35.8 Å². The zero-order chi connectivity index (χ0) is 24.0. The number of carbonyl (C=O) groups is 1. The number of nitriles is 1. The lowest BCUT2D eigenvalue weighted by molar-refractivity contribution is -0.114. The number of fused-ring (bicyclic) bond motifs is 3. The molecule has 3 aromatic rings. The van der Waals surface area contributed by atoms with Crippen LogP contribution in [0.5, 0.6) is 5.75 Å². The number of rotatable bonds is 5. The number of amides is 1. The van der Waals surface area contributed by atoms with E-state index < -0.39 is 11.0 Å². The van der Waals surface area contributed by atoms with E-state index in [9.17, 15) is 10.1 Å². The second-order valence-corrected chi connectivity index (χ2v) is 9.40. The summed E-state index contributed by atoms with van der Waals surface area (Å²) in [6, 6.07) is 6.10. The van der Waals surface area contributed by atoms with E-state index in [1.165, 1.54) is 6.92 Å². The summed E-state index contributed by atoms with van der Waals surface area (Å²) in [5.41, 5.74) is 2.97. The summed E-state index contributed by atoms with van der Waals surface area (Å²) in [4.78, 5) is 24.2. The zero-order valence-corrected chi connectivity index (χ0v) is 19.3. The highest BCUT2D eigenvalue weighted by Gasteiger charge is 2.45. The van der Waals surface area contributed by atoms with E-state index in [4.69, 9.17) is 23.9 Å². The third kappa shape index (κ3) is 3.72. The van der Waals surface area contributed by atoms with E-state index in [1.807, 2.05) is 18.3 Å². The number of nitrogens with zero attached hydrogens (tertiary/aromatic N) is 3. The van der Waals surface area contributed by atoms with Crippen molar-refractivity contribution in [2.24, 2.45) is 5.41 Å². The van der Waals surface area contributed by atoms with Gasteiger partial charge in [0.2, 0.25) is 5.91 Å². The summed E-state index contributed by atoms with van der Waals surface area (Å²) >= 11 is 0. The Morgan fingerprint density at radius 1 is 1.29 bits per heavy atom. The predicted octanol–water partition coefficient (Wildman–Crippen LogP) is 2.69. The van der Waals surface area contributed by atoms with Gasteiger partial charge in [-0.1, -0.05) is 0 Å². The molecule has 0 bridgehead atoms. The van der Waals surface area contributed by atoms with Crippen LogP contribution in [0.1, 0.15) is 24.6 Å². The van der Waals surface area contributed by atoms with E-state index in [0.717, 1.165) is 34.1 Å². The number of hydrogen-bond acceptors (Lipinski definition) is 8. The molecule has 10 heteroatoms. The van der Waals surface area contributed by atoms with E-state index >= 15 is 0 Å². The maximum absolute atomic E-state index is 11.6. The first-order chi connectivity index (χ1) is 17.0. The van der Waals surface area contributed by atoms with E-state index in [-0.39, 0.29) is 12.5 Å². The van der Waals surface area contributed by atoms with Crippen molar-refractivity contribution in [3.8, 4) is 23.1 Å². The Labute approximate surface area is 201 Å². The van der Waals surface area contributed by atoms with Gasteiger partial charge < -0.3 is 29.2 Å². The molecule has 1 unspecified atom stereocenters. The molecule has 3 aliphatic heterocycles. The van der Waals surface area contributed by atoms with Crippen LogP contribution >= 0.6 is 0 Å². The van der Waals surface area contributed by atoms with Crippen LogP contribution in [0.2, 0.25) is 0 Å². The minimum atomic E-state index is -0.630. The first-order valence-electron chi connectivity index (χ1n) is 11.6.